The second kappa shape index (κ2) is 10.3. The van der Waals surface area contributed by atoms with Crippen LogP contribution in [-0.4, -0.2) is 16.5 Å². The summed E-state index contributed by atoms with van der Waals surface area (Å²) in [6.45, 7) is 2.00. The minimum atomic E-state index is 0. The molecule has 3 nitrogen and oxygen atoms in total. The summed E-state index contributed by atoms with van der Waals surface area (Å²) < 4.78 is 0. The monoisotopic (exact) mass is 425 g/mol. The first kappa shape index (κ1) is 22.0. The van der Waals surface area contributed by atoms with Crippen molar-refractivity contribution in [3.8, 4) is 11.1 Å². The second-order valence-electron chi connectivity index (χ2n) is 7.08. The molecule has 4 rings (SSSR count). The predicted octanol–water partition coefficient (Wildman–Crippen LogP) is 6.40. The van der Waals surface area contributed by atoms with E-state index >= 15 is 0 Å². The Morgan fingerprint density at radius 1 is 1.04 bits per heavy atom. The van der Waals surface area contributed by atoms with Gasteiger partial charge in [-0.15, -0.1) is 24.8 Å². The number of nitrogens with zero attached hydrogens (tertiary/aromatic N) is 1. The molecule has 2 N–H and O–H groups in total. The highest BCUT2D eigenvalue weighted by Gasteiger charge is 2.13. The summed E-state index contributed by atoms with van der Waals surface area (Å²) in [5.74, 6) is 0.851. The molecule has 1 fully saturated rings. The van der Waals surface area contributed by atoms with E-state index in [9.17, 15) is 0 Å². The van der Waals surface area contributed by atoms with Crippen LogP contribution < -0.4 is 5.32 Å². The van der Waals surface area contributed by atoms with E-state index in [1.165, 1.54) is 37.7 Å². The fourth-order valence-corrected chi connectivity index (χ4v) is 4.13. The Labute approximate surface area is 178 Å². The third kappa shape index (κ3) is 5.39. The van der Waals surface area contributed by atoms with E-state index in [-0.39, 0.29) is 24.8 Å². The second-order valence-corrected chi connectivity index (χ2v) is 7.49. The van der Waals surface area contributed by atoms with Crippen LogP contribution in [0.25, 0.3) is 22.2 Å². The van der Waals surface area contributed by atoms with E-state index < -0.39 is 0 Å². The summed E-state index contributed by atoms with van der Waals surface area (Å²) in [5, 5.41) is 4.40. The molecule has 146 valence electrons. The smallest absolute Gasteiger partial charge is 0.0931 e. The lowest BCUT2D eigenvalue weighted by Gasteiger charge is -2.21. The Morgan fingerprint density at radius 2 is 1.85 bits per heavy atom. The highest BCUT2D eigenvalue weighted by atomic mass is 35.5. The third-order valence-electron chi connectivity index (χ3n) is 5.25. The standard InChI is InChI=1S/C21H24ClN3.2ClH/c22-19-10-16(13-23-12-15-4-2-1-3-5-15)6-8-18(19)17-7-9-20-21(11-17)25-14-24-20;;/h6-11,14-15,23H,1-5,12-13H2,(H,24,25);2*1H. The van der Waals surface area contributed by atoms with Gasteiger partial charge in [0.1, 0.15) is 0 Å². The van der Waals surface area contributed by atoms with Gasteiger partial charge in [0.2, 0.25) is 0 Å². The van der Waals surface area contributed by atoms with E-state index in [4.69, 9.17) is 11.6 Å². The summed E-state index contributed by atoms with van der Waals surface area (Å²) >= 11 is 6.56. The fraction of sp³-hybridized carbons (Fsp3) is 0.381. The van der Waals surface area contributed by atoms with Crippen LogP contribution in [0.1, 0.15) is 37.7 Å². The van der Waals surface area contributed by atoms with Crippen LogP contribution >= 0.6 is 36.4 Å². The van der Waals surface area contributed by atoms with Gasteiger partial charge in [-0.25, -0.2) is 4.98 Å². The maximum absolute atomic E-state index is 6.56. The third-order valence-corrected chi connectivity index (χ3v) is 5.57. The van der Waals surface area contributed by atoms with Crippen LogP contribution in [0.15, 0.2) is 42.7 Å². The zero-order valence-corrected chi connectivity index (χ0v) is 17.6. The molecule has 0 atom stereocenters. The Balaban J connectivity index is 0.00000131. The Bertz CT molecular complexity index is 857. The summed E-state index contributed by atoms with van der Waals surface area (Å²) in [6.07, 6.45) is 8.68. The van der Waals surface area contributed by atoms with Gasteiger partial charge in [0.25, 0.3) is 0 Å². The first-order chi connectivity index (χ1) is 12.3. The van der Waals surface area contributed by atoms with Crippen LogP contribution in [0.4, 0.5) is 0 Å². The molecule has 27 heavy (non-hydrogen) atoms. The number of nitrogens with one attached hydrogen (secondary N) is 2. The molecule has 1 aliphatic carbocycles. The minimum absolute atomic E-state index is 0. The fourth-order valence-electron chi connectivity index (χ4n) is 3.81. The number of hydrogen-bond donors (Lipinski definition) is 2. The molecule has 0 unspecified atom stereocenters. The maximum atomic E-state index is 6.56. The van der Waals surface area contributed by atoms with Gasteiger partial charge in [-0.05, 0) is 54.6 Å². The largest absolute Gasteiger partial charge is 0.345 e. The van der Waals surface area contributed by atoms with Crippen molar-refractivity contribution in [2.75, 3.05) is 6.54 Å². The quantitative estimate of drug-likeness (QED) is 0.496. The van der Waals surface area contributed by atoms with Gasteiger partial charge < -0.3 is 10.3 Å². The van der Waals surface area contributed by atoms with E-state index in [1.54, 1.807) is 6.33 Å². The van der Waals surface area contributed by atoms with Crippen molar-refractivity contribution in [1.82, 2.24) is 15.3 Å². The SMILES string of the molecule is Cl.Cl.Clc1cc(CNCC2CCCCC2)ccc1-c1ccc2[nH]cnc2c1. The predicted molar refractivity (Wildman–Crippen MR) is 119 cm³/mol. The molecule has 1 heterocycles. The Kier molecular flexibility index (Phi) is 8.43. The van der Waals surface area contributed by atoms with Gasteiger partial charge in [-0.3, -0.25) is 0 Å². The topological polar surface area (TPSA) is 40.7 Å². The van der Waals surface area contributed by atoms with Gasteiger partial charge in [0, 0.05) is 17.1 Å². The van der Waals surface area contributed by atoms with Crippen LogP contribution in [-0.2, 0) is 6.54 Å². The molecule has 1 aliphatic rings. The molecular weight excluding hydrogens is 401 g/mol. The van der Waals surface area contributed by atoms with Crippen molar-refractivity contribution in [2.24, 2.45) is 5.92 Å². The van der Waals surface area contributed by atoms with E-state index in [0.717, 1.165) is 46.2 Å². The van der Waals surface area contributed by atoms with Crippen molar-refractivity contribution in [3.05, 3.63) is 53.3 Å². The zero-order chi connectivity index (χ0) is 17.1. The number of H-pyrrole nitrogens is 1. The van der Waals surface area contributed by atoms with Gasteiger partial charge in [-0.1, -0.05) is 49.1 Å². The lowest BCUT2D eigenvalue weighted by atomic mass is 9.89. The summed E-state index contributed by atoms with van der Waals surface area (Å²) in [4.78, 5) is 7.45. The van der Waals surface area contributed by atoms with Crippen LogP contribution in [0.3, 0.4) is 0 Å². The lowest BCUT2D eigenvalue weighted by molar-refractivity contribution is 0.342. The van der Waals surface area contributed by atoms with Crippen molar-refractivity contribution < 1.29 is 0 Å². The molecule has 0 bridgehead atoms. The van der Waals surface area contributed by atoms with Crippen LogP contribution in [0.2, 0.25) is 5.02 Å². The van der Waals surface area contributed by atoms with Crippen LogP contribution in [0, 0.1) is 5.92 Å². The highest BCUT2D eigenvalue weighted by molar-refractivity contribution is 6.33. The minimum Gasteiger partial charge on any atom is -0.345 e. The first-order valence-corrected chi connectivity index (χ1v) is 9.60. The molecule has 1 saturated carbocycles. The van der Waals surface area contributed by atoms with E-state index in [2.05, 4.69) is 45.6 Å². The van der Waals surface area contributed by atoms with E-state index in [1.807, 2.05) is 6.07 Å². The summed E-state index contributed by atoms with van der Waals surface area (Å²) in [6, 6.07) is 12.6. The number of aromatic amines is 1. The van der Waals surface area contributed by atoms with Crippen LogP contribution in [0.5, 0.6) is 0 Å². The molecule has 0 radical (unpaired) electrons. The van der Waals surface area contributed by atoms with E-state index in [0.29, 0.717) is 0 Å². The van der Waals surface area contributed by atoms with Crippen molar-refractivity contribution in [3.63, 3.8) is 0 Å². The molecular formula is C21H26Cl3N3. The molecule has 0 spiro atoms. The van der Waals surface area contributed by atoms with Crippen molar-refractivity contribution in [1.29, 1.82) is 0 Å². The average Bonchev–Trinajstić information content (AvgIpc) is 3.10. The molecule has 0 saturated heterocycles. The Hall–Kier alpha value is -1.26. The number of benzene rings is 2. The normalized spacial score (nSPS) is 14.6. The molecule has 0 aliphatic heterocycles. The van der Waals surface area contributed by atoms with Gasteiger partial charge in [0.15, 0.2) is 0 Å². The number of hydrogen-bond acceptors (Lipinski definition) is 2. The Morgan fingerprint density at radius 3 is 2.63 bits per heavy atom. The van der Waals surface area contributed by atoms with Crippen molar-refractivity contribution >= 4 is 47.4 Å². The molecule has 6 heteroatoms. The summed E-state index contributed by atoms with van der Waals surface area (Å²) in [5.41, 5.74) is 5.41. The molecule has 3 aromatic rings. The zero-order valence-electron chi connectivity index (χ0n) is 15.2. The molecule has 1 aromatic heterocycles. The van der Waals surface area contributed by atoms with Crippen molar-refractivity contribution in [2.45, 2.75) is 38.6 Å². The summed E-state index contributed by atoms with van der Waals surface area (Å²) in [7, 11) is 0. The molecule has 0 amide bonds. The first-order valence-electron chi connectivity index (χ1n) is 9.22. The van der Waals surface area contributed by atoms with Gasteiger partial charge in [-0.2, -0.15) is 0 Å². The van der Waals surface area contributed by atoms with Gasteiger partial charge in [0.05, 0.1) is 17.4 Å². The number of aromatic nitrogens is 2. The number of halogens is 3. The average molecular weight is 427 g/mol. The number of fused-ring (bicyclic) bond motifs is 1. The number of imidazole rings is 1. The van der Waals surface area contributed by atoms with Gasteiger partial charge >= 0.3 is 0 Å². The lowest BCUT2D eigenvalue weighted by Crippen LogP contribution is -2.24. The highest BCUT2D eigenvalue weighted by Crippen LogP contribution is 2.30. The molecule has 2 aromatic carbocycles. The number of rotatable bonds is 5. The maximum Gasteiger partial charge on any atom is 0.0931 e.